The molecule has 0 unspecified atom stereocenters. The van der Waals surface area contributed by atoms with Crippen molar-refractivity contribution < 1.29 is 4.79 Å². The molecule has 12 heavy (non-hydrogen) atoms. The van der Waals surface area contributed by atoms with Crippen molar-refractivity contribution >= 4 is 22.2 Å². The number of hydrogen-bond donors (Lipinski definition) is 1. The smallest absolute Gasteiger partial charge is 0.166 e. The van der Waals surface area contributed by atoms with Crippen LogP contribution in [0.2, 0.25) is 0 Å². The topological polar surface area (TPSA) is 32.9 Å². The Balaban J connectivity index is 3.25. The van der Waals surface area contributed by atoms with E-state index in [0.717, 1.165) is 29.3 Å². The van der Waals surface area contributed by atoms with Crippen molar-refractivity contribution in [3.05, 3.63) is 21.4 Å². The molecule has 1 aromatic heterocycles. The Labute approximate surface area is 80.5 Å². The number of halogens is 1. The molecule has 0 aliphatic carbocycles. The van der Waals surface area contributed by atoms with E-state index in [-0.39, 0.29) is 0 Å². The molecule has 1 heterocycles. The van der Waals surface area contributed by atoms with E-state index < -0.39 is 0 Å². The fourth-order valence-electron chi connectivity index (χ4n) is 1.44. The SMILES string of the molecule is CCc1c(Br)[nH]c(C=O)c1CC. The van der Waals surface area contributed by atoms with Crippen LogP contribution < -0.4 is 0 Å². The van der Waals surface area contributed by atoms with Crippen molar-refractivity contribution in [3.8, 4) is 0 Å². The molecule has 1 rings (SSSR count). The van der Waals surface area contributed by atoms with Crippen LogP contribution in [0, 0.1) is 0 Å². The predicted octanol–water partition coefficient (Wildman–Crippen LogP) is 2.71. The molecule has 0 saturated heterocycles. The lowest BCUT2D eigenvalue weighted by atomic mass is 10.1. The monoisotopic (exact) mass is 229 g/mol. The van der Waals surface area contributed by atoms with Crippen LogP contribution in [0.3, 0.4) is 0 Å². The summed E-state index contributed by atoms with van der Waals surface area (Å²) < 4.78 is 0.948. The van der Waals surface area contributed by atoms with Gasteiger partial charge in [-0.3, -0.25) is 4.79 Å². The molecular weight excluding hydrogens is 218 g/mol. The van der Waals surface area contributed by atoms with E-state index in [1.807, 2.05) is 0 Å². The van der Waals surface area contributed by atoms with E-state index in [9.17, 15) is 4.79 Å². The van der Waals surface area contributed by atoms with Gasteiger partial charge in [0.15, 0.2) is 6.29 Å². The van der Waals surface area contributed by atoms with Crippen LogP contribution in [0.4, 0.5) is 0 Å². The van der Waals surface area contributed by atoms with E-state index in [1.54, 1.807) is 0 Å². The molecule has 0 bridgehead atoms. The van der Waals surface area contributed by atoms with Gasteiger partial charge in [0, 0.05) is 0 Å². The molecule has 0 amide bonds. The van der Waals surface area contributed by atoms with Gasteiger partial charge in [0.2, 0.25) is 0 Å². The predicted molar refractivity (Wildman–Crippen MR) is 52.6 cm³/mol. The Morgan fingerprint density at radius 3 is 2.33 bits per heavy atom. The number of H-pyrrole nitrogens is 1. The number of rotatable bonds is 3. The third-order valence-corrected chi connectivity index (χ3v) is 2.70. The van der Waals surface area contributed by atoms with Crippen molar-refractivity contribution in [1.82, 2.24) is 4.98 Å². The lowest BCUT2D eigenvalue weighted by Crippen LogP contribution is -1.90. The van der Waals surface area contributed by atoms with E-state index in [2.05, 4.69) is 34.8 Å². The summed E-state index contributed by atoms with van der Waals surface area (Å²) in [6.45, 7) is 4.14. The first-order chi connectivity index (χ1) is 5.74. The third-order valence-electron chi connectivity index (χ3n) is 2.02. The maximum absolute atomic E-state index is 10.6. The molecule has 66 valence electrons. The van der Waals surface area contributed by atoms with Crippen LogP contribution >= 0.6 is 15.9 Å². The highest BCUT2D eigenvalue weighted by atomic mass is 79.9. The van der Waals surface area contributed by atoms with Gasteiger partial charge in [-0.1, -0.05) is 13.8 Å². The second-order valence-corrected chi connectivity index (χ2v) is 3.43. The number of carbonyl (C=O) groups excluding carboxylic acids is 1. The summed E-state index contributed by atoms with van der Waals surface area (Å²) in [5.74, 6) is 0. The number of hydrogen-bond acceptors (Lipinski definition) is 1. The van der Waals surface area contributed by atoms with E-state index in [0.29, 0.717) is 5.69 Å². The average Bonchev–Trinajstić information content (AvgIpc) is 2.40. The highest BCUT2D eigenvalue weighted by Crippen LogP contribution is 2.23. The normalized spacial score (nSPS) is 10.2. The lowest BCUT2D eigenvalue weighted by molar-refractivity contribution is 0.111. The lowest BCUT2D eigenvalue weighted by Gasteiger charge is -1.97. The molecule has 2 nitrogen and oxygen atoms in total. The highest BCUT2D eigenvalue weighted by molar-refractivity contribution is 9.10. The van der Waals surface area contributed by atoms with Crippen molar-refractivity contribution in [2.45, 2.75) is 26.7 Å². The summed E-state index contributed by atoms with van der Waals surface area (Å²) in [6.07, 6.45) is 2.73. The maximum atomic E-state index is 10.6. The molecular formula is C9H12BrNO. The van der Waals surface area contributed by atoms with Crippen LogP contribution in [-0.4, -0.2) is 11.3 Å². The fourth-order valence-corrected chi connectivity index (χ4v) is 2.17. The van der Waals surface area contributed by atoms with Crippen LogP contribution in [0.1, 0.15) is 35.5 Å². The van der Waals surface area contributed by atoms with E-state index in [4.69, 9.17) is 0 Å². The second kappa shape index (κ2) is 3.90. The zero-order chi connectivity index (χ0) is 9.14. The number of carbonyl (C=O) groups is 1. The Hall–Kier alpha value is -0.570. The van der Waals surface area contributed by atoms with Crippen molar-refractivity contribution in [2.24, 2.45) is 0 Å². The number of nitrogens with one attached hydrogen (secondary N) is 1. The molecule has 1 N–H and O–H groups in total. The Morgan fingerprint density at radius 1 is 1.33 bits per heavy atom. The minimum Gasteiger partial charge on any atom is -0.347 e. The molecule has 0 aliphatic rings. The summed E-state index contributed by atoms with van der Waals surface area (Å²) in [4.78, 5) is 13.6. The molecule has 0 radical (unpaired) electrons. The van der Waals surface area contributed by atoms with Crippen molar-refractivity contribution in [3.63, 3.8) is 0 Å². The molecule has 3 heteroatoms. The van der Waals surface area contributed by atoms with Gasteiger partial charge in [-0.25, -0.2) is 0 Å². The van der Waals surface area contributed by atoms with Crippen LogP contribution in [0.15, 0.2) is 4.60 Å². The Morgan fingerprint density at radius 2 is 1.92 bits per heavy atom. The Kier molecular flexibility index (Phi) is 3.09. The van der Waals surface area contributed by atoms with Gasteiger partial charge in [0.1, 0.15) is 0 Å². The van der Waals surface area contributed by atoms with Gasteiger partial charge < -0.3 is 4.98 Å². The number of aromatic amines is 1. The first kappa shape index (κ1) is 9.52. The zero-order valence-electron chi connectivity index (χ0n) is 7.28. The summed E-state index contributed by atoms with van der Waals surface area (Å²) in [7, 11) is 0. The van der Waals surface area contributed by atoms with Crippen molar-refractivity contribution in [1.29, 1.82) is 0 Å². The van der Waals surface area contributed by atoms with Gasteiger partial charge in [-0.05, 0) is 39.9 Å². The Bertz CT molecular complexity index is 291. The second-order valence-electron chi connectivity index (χ2n) is 2.63. The minimum atomic E-state index is 0.709. The van der Waals surface area contributed by atoms with E-state index in [1.165, 1.54) is 5.56 Å². The standard InChI is InChI=1S/C9H12BrNO/c1-3-6-7(4-2)9(10)11-8(6)5-12/h5,11H,3-4H2,1-2H3. The van der Waals surface area contributed by atoms with Crippen LogP contribution in [0.25, 0.3) is 0 Å². The first-order valence-electron chi connectivity index (χ1n) is 4.08. The van der Waals surface area contributed by atoms with Crippen LogP contribution in [0.5, 0.6) is 0 Å². The van der Waals surface area contributed by atoms with Gasteiger partial charge >= 0.3 is 0 Å². The fraction of sp³-hybridized carbons (Fsp3) is 0.444. The van der Waals surface area contributed by atoms with E-state index >= 15 is 0 Å². The van der Waals surface area contributed by atoms with Gasteiger partial charge in [-0.15, -0.1) is 0 Å². The molecule has 0 aromatic carbocycles. The number of aldehydes is 1. The highest BCUT2D eigenvalue weighted by Gasteiger charge is 2.11. The van der Waals surface area contributed by atoms with Gasteiger partial charge in [0.05, 0.1) is 10.3 Å². The van der Waals surface area contributed by atoms with Crippen LogP contribution in [-0.2, 0) is 12.8 Å². The summed E-state index contributed by atoms with van der Waals surface area (Å²) >= 11 is 3.40. The molecule has 0 atom stereocenters. The molecule has 0 saturated carbocycles. The molecule has 1 aromatic rings. The summed E-state index contributed by atoms with van der Waals surface area (Å²) in [5, 5.41) is 0. The molecule has 0 fully saturated rings. The van der Waals surface area contributed by atoms with Crippen molar-refractivity contribution in [2.75, 3.05) is 0 Å². The largest absolute Gasteiger partial charge is 0.347 e. The minimum absolute atomic E-state index is 0.709. The zero-order valence-corrected chi connectivity index (χ0v) is 8.86. The molecule has 0 spiro atoms. The number of aromatic nitrogens is 1. The third kappa shape index (κ3) is 1.46. The van der Waals surface area contributed by atoms with Gasteiger partial charge in [-0.2, -0.15) is 0 Å². The average molecular weight is 230 g/mol. The summed E-state index contributed by atoms with van der Waals surface area (Å²) in [6, 6.07) is 0. The first-order valence-corrected chi connectivity index (χ1v) is 4.88. The van der Waals surface area contributed by atoms with Gasteiger partial charge in [0.25, 0.3) is 0 Å². The molecule has 0 aliphatic heterocycles. The quantitative estimate of drug-likeness (QED) is 0.795. The summed E-state index contributed by atoms with van der Waals surface area (Å²) in [5.41, 5.74) is 3.07. The maximum Gasteiger partial charge on any atom is 0.166 e.